The summed E-state index contributed by atoms with van der Waals surface area (Å²) in [6, 6.07) is 5.03. The summed E-state index contributed by atoms with van der Waals surface area (Å²) in [6.45, 7) is 5.32. The van der Waals surface area contributed by atoms with Gasteiger partial charge in [-0.3, -0.25) is 0 Å². The first-order chi connectivity index (χ1) is 8.28. The van der Waals surface area contributed by atoms with Gasteiger partial charge in [0.15, 0.2) is 0 Å². The Morgan fingerprint density at radius 1 is 1.33 bits per heavy atom. The largest absolute Gasteiger partial charge is 0.443 e. The number of hydrogen-bond donors (Lipinski definition) is 1. The van der Waals surface area contributed by atoms with Gasteiger partial charge in [-0.05, 0) is 38.5 Å². The summed E-state index contributed by atoms with van der Waals surface area (Å²) in [6.07, 6.45) is 0.838. The number of amides is 1. The molecule has 1 aromatic rings. The van der Waals surface area contributed by atoms with Crippen LogP contribution in [0.2, 0.25) is 10.0 Å². The number of hydrazone groups is 1. The van der Waals surface area contributed by atoms with Crippen molar-refractivity contribution in [1.29, 1.82) is 0 Å². The van der Waals surface area contributed by atoms with Gasteiger partial charge >= 0.3 is 6.09 Å². The zero-order valence-corrected chi connectivity index (χ0v) is 11.8. The molecule has 0 bridgehead atoms. The van der Waals surface area contributed by atoms with E-state index in [0.29, 0.717) is 10.0 Å². The molecule has 0 aliphatic carbocycles. The second kappa shape index (κ2) is 6.07. The van der Waals surface area contributed by atoms with Crippen LogP contribution in [0.3, 0.4) is 0 Å². The van der Waals surface area contributed by atoms with E-state index in [4.69, 9.17) is 27.9 Å². The van der Waals surface area contributed by atoms with Crippen LogP contribution in [0, 0.1) is 0 Å². The van der Waals surface area contributed by atoms with Crippen molar-refractivity contribution >= 4 is 35.5 Å². The van der Waals surface area contributed by atoms with Gasteiger partial charge in [0.05, 0.1) is 16.3 Å². The first-order valence-electron chi connectivity index (χ1n) is 5.25. The molecular formula is C12H14Cl2N2O2. The molecule has 6 heteroatoms. The fourth-order valence-electron chi connectivity index (χ4n) is 1.05. The quantitative estimate of drug-likeness (QED) is 0.664. The summed E-state index contributed by atoms with van der Waals surface area (Å²) in [7, 11) is 0. The Morgan fingerprint density at radius 2 is 2.00 bits per heavy atom. The summed E-state index contributed by atoms with van der Waals surface area (Å²) < 4.78 is 5.01. The number of benzene rings is 1. The van der Waals surface area contributed by atoms with E-state index < -0.39 is 11.7 Å². The van der Waals surface area contributed by atoms with E-state index in [1.165, 1.54) is 6.21 Å². The third-order valence-corrected chi connectivity index (χ3v) is 2.45. The minimum atomic E-state index is -0.612. The number of nitrogens with zero attached hydrogens (tertiary/aromatic N) is 1. The Morgan fingerprint density at radius 3 is 2.56 bits per heavy atom. The van der Waals surface area contributed by atoms with Crippen LogP contribution in [0.1, 0.15) is 26.3 Å². The second-order valence-electron chi connectivity index (χ2n) is 4.55. The van der Waals surface area contributed by atoms with Gasteiger partial charge in [0, 0.05) is 0 Å². The van der Waals surface area contributed by atoms with Gasteiger partial charge in [-0.25, -0.2) is 10.2 Å². The zero-order valence-electron chi connectivity index (χ0n) is 10.3. The van der Waals surface area contributed by atoms with Gasteiger partial charge in [-0.2, -0.15) is 5.10 Å². The Bertz CT molecular complexity index is 468. The van der Waals surface area contributed by atoms with E-state index in [2.05, 4.69) is 10.5 Å². The van der Waals surface area contributed by atoms with Crippen molar-refractivity contribution in [1.82, 2.24) is 5.43 Å². The van der Waals surface area contributed by atoms with Gasteiger partial charge in [0.1, 0.15) is 5.60 Å². The van der Waals surface area contributed by atoms with Gasteiger partial charge in [0.2, 0.25) is 0 Å². The number of halogens is 2. The van der Waals surface area contributed by atoms with Crippen molar-refractivity contribution in [3.63, 3.8) is 0 Å². The summed E-state index contributed by atoms with van der Waals surface area (Å²) in [5.74, 6) is 0. The molecule has 18 heavy (non-hydrogen) atoms. The number of nitrogens with one attached hydrogen (secondary N) is 1. The standard InChI is InChI=1S/C12H14Cl2N2O2/c1-12(2,3)18-11(17)16-15-7-8-4-5-9(13)10(14)6-8/h4-7H,1-3H3,(H,16,17)/b15-7+. The minimum absolute atomic E-state index is 0.429. The van der Waals surface area contributed by atoms with E-state index in [0.717, 1.165) is 5.56 Å². The maximum atomic E-state index is 11.3. The van der Waals surface area contributed by atoms with Gasteiger partial charge < -0.3 is 4.74 Å². The van der Waals surface area contributed by atoms with Crippen molar-refractivity contribution in [3.8, 4) is 0 Å². The van der Waals surface area contributed by atoms with Crippen LogP contribution in [0.4, 0.5) is 4.79 Å². The number of carbonyl (C=O) groups is 1. The lowest BCUT2D eigenvalue weighted by Crippen LogP contribution is -2.29. The lowest BCUT2D eigenvalue weighted by Gasteiger charge is -2.18. The zero-order chi connectivity index (χ0) is 13.8. The summed E-state index contributed by atoms with van der Waals surface area (Å²) in [4.78, 5) is 11.3. The summed E-state index contributed by atoms with van der Waals surface area (Å²) in [5.41, 5.74) is 2.42. The predicted octanol–water partition coefficient (Wildman–Crippen LogP) is 3.85. The van der Waals surface area contributed by atoms with Crippen LogP contribution < -0.4 is 5.43 Å². The third kappa shape index (κ3) is 5.38. The van der Waals surface area contributed by atoms with Gasteiger partial charge in [-0.15, -0.1) is 0 Å². The maximum Gasteiger partial charge on any atom is 0.428 e. The molecular weight excluding hydrogens is 275 g/mol. The summed E-state index contributed by atoms with van der Waals surface area (Å²) in [5, 5.41) is 4.64. The van der Waals surface area contributed by atoms with Crippen molar-refractivity contribution in [2.75, 3.05) is 0 Å². The maximum absolute atomic E-state index is 11.3. The highest BCUT2D eigenvalue weighted by Gasteiger charge is 2.15. The fourth-order valence-corrected chi connectivity index (χ4v) is 1.36. The molecule has 0 fully saturated rings. The number of rotatable bonds is 2. The molecule has 0 aromatic heterocycles. The van der Waals surface area contributed by atoms with Crippen LogP contribution in [0.25, 0.3) is 0 Å². The molecule has 0 spiro atoms. The molecule has 0 saturated carbocycles. The van der Waals surface area contributed by atoms with Gasteiger partial charge in [-0.1, -0.05) is 29.3 Å². The van der Waals surface area contributed by atoms with E-state index in [-0.39, 0.29) is 0 Å². The molecule has 0 unspecified atom stereocenters. The van der Waals surface area contributed by atoms with Crippen LogP contribution in [-0.2, 0) is 4.74 Å². The van der Waals surface area contributed by atoms with E-state index in [9.17, 15) is 4.79 Å². The third-order valence-electron chi connectivity index (χ3n) is 1.71. The lowest BCUT2D eigenvalue weighted by atomic mass is 10.2. The molecule has 0 aliphatic rings. The molecule has 4 nitrogen and oxygen atoms in total. The number of carbonyl (C=O) groups excluding carboxylic acids is 1. The van der Waals surface area contributed by atoms with Crippen molar-refractivity contribution in [2.24, 2.45) is 5.10 Å². The second-order valence-corrected chi connectivity index (χ2v) is 5.36. The highest BCUT2D eigenvalue weighted by atomic mass is 35.5. The van der Waals surface area contributed by atoms with Crippen molar-refractivity contribution in [2.45, 2.75) is 26.4 Å². The molecule has 1 amide bonds. The van der Waals surface area contributed by atoms with E-state index >= 15 is 0 Å². The van der Waals surface area contributed by atoms with Crippen molar-refractivity contribution < 1.29 is 9.53 Å². The smallest absolute Gasteiger partial charge is 0.428 e. The van der Waals surface area contributed by atoms with Gasteiger partial charge in [0.25, 0.3) is 0 Å². The monoisotopic (exact) mass is 288 g/mol. The van der Waals surface area contributed by atoms with E-state index in [1.54, 1.807) is 39.0 Å². The van der Waals surface area contributed by atoms with Crippen LogP contribution >= 0.6 is 23.2 Å². The topological polar surface area (TPSA) is 50.7 Å². The van der Waals surface area contributed by atoms with Crippen molar-refractivity contribution in [3.05, 3.63) is 33.8 Å². The normalized spacial score (nSPS) is 11.6. The fraction of sp³-hybridized carbons (Fsp3) is 0.333. The molecule has 1 rings (SSSR count). The number of hydrogen-bond acceptors (Lipinski definition) is 3. The minimum Gasteiger partial charge on any atom is -0.443 e. The Kier molecular flexibility index (Phi) is 4.99. The predicted molar refractivity (Wildman–Crippen MR) is 73.4 cm³/mol. The molecule has 0 saturated heterocycles. The Labute approximate surface area is 116 Å². The SMILES string of the molecule is CC(C)(C)OC(=O)N/N=C/c1ccc(Cl)c(Cl)c1. The lowest BCUT2D eigenvalue weighted by molar-refractivity contribution is 0.0529. The van der Waals surface area contributed by atoms with Crippen LogP contribution in [0.15, 0.2) is 23.3 Å². The first-order valence-corrected chi connectivity index (χ1v) is 6.00. The highest BCUT2D eigenvalue weighted by molar-refractivity contribution is 6.42. The average Bonchev–Trinajstić information content (AvgIpc) is 2.20. The Hall–Kier alpha value is -1.26. The van der Waals surface area contributed by atoms with Crippen LogP contribution in [-0.4, -0.2) is 17.9 Å². The first kappa shape index (κ1) is 14.8. The average molecular weight is 289 g/mol. The molecule has 0 atom stereocenters. The molecule has 1 aromatic carbocycles. The van der Waals surface area contributed by atoms with Crippen LogP contribution in [0.5, 0.6) is 0 Å². The molecule has 1 N–H and O–H groups in total. The summed E-state index contributed by atoms with van der Waals surface area (Å²) >= 11 is 11.6. The number of ether oxygens (including phenoxy) is 1. The highest BCUT2D eigenvalue weighted by Crippen LogP contribution is 2.21. The molecule has 0 radical (unpaired) electrons. The molecule has 0 heterocycles. The van der Waals surface area contributed by atoms with E-state index in [1.807, 2.05) is 0 Å². The Balaban J connectivity index is 2.55. The molecule has 98 valence electrons. The molecule has 0 aliphatic heterocycles.